The third-order valence-electron chi connectivity index (χ3n) is 2.41. The Morgan fingerprint density at radius 3 is 3.18 bits per heavy atom. The van der Waals surface area contributed by atoms with Crippen LogP contribution in [0, 0.1) is 0 Å². The van der Waals surface area contributed by atoms with Crippen molar-refractivity contribution in [3.05, 3.63) is 36.3 Å². The minimum atomic E-state index is -0.241. The molecule has 0 saturated heterocycles. The fourth-order valence-electron chi connectivity index (χ4n) is 1.49. The maximum absolute atomic E-state index is 11.6. The van der Waals surface area contributed by atoms with E-state index in [1.54, 1.807) is 6.26 Å². The van der Waals surface area contributed by atoms with Crippen molar-refractivity contribution in [1.29, 1.82) is 0 Å². The molecule has 6 heteroatoms. The van der Waals surface area contributed by atoms with Crippen molar-refractivity contribution < 1.29 is 9.21 Å². The first-order chi connectivity index (χ1) is 8.25. The Bertz CT molecular complexity index is 450. The minimum absolute atomic E-state index is 0.0534. The highest BCUT2D eigenvalue weighted by Gasteiger charge is 2.12. The van der Waals surface area contributed by atoms with Crippen molar-refractivity contribution in [3.8, 4) is 0 Å². The van der Waals surface area contributed by atoms with Crippen LogP contribution < -0.4 is 5.32 Å². The van der Waals surface area contributed by atoms with Crippen LogP contribution in [0.5, 0.6) is 0 Å². The van der Waals surface area contributed by atoms with Gasteiger partial charge in [0.05, 0.1) is 6.26 Å². The molecule has 2 N–H and O–H groups in total. The molecule has 2 aromatic rings. The number of hydrogen-bond donors (Lipinski definition) is 2. The van der Waals surface area contributed by atoms with E-state index in [1.165, 1.54) is 6.33 Å². The molecule has 6 nitrogen and oxygen atoms in total. The lowest BCUT2D eigenvalue weighted by Gasteiger charge is -2.11. The maximum Gasteiger partial charge on any atom is 0.288 e. The van der Waals surface area contributed by atoms with E-state index < -0.39 is 0 Å². The zero-order valence-electron chi connectivity index (χ0n) is 9.51. The van der Waals surface area contributed by atoms with Crippen LogP contribution in [-0.4, -0.2) is 27.1 Å². The zero-order valence-corrected chi connectivity index (χ0v) is 9.51. The number of amides is 1. The molecule has 0 aliphatic heterocycles. The molecule has 0 radical (unpaired) electrons. The summed E-state index contributed by atoms with van der Waals surface area (Å²) in [5.41, 5.74) is 0. The lowest BCUT2D eigenvalue weighted by molar-refractivity contribution is 0.0928. The number of rotatable bonds is 5. The first kappa shape index (κ1) is 11.4. The van der Waals surface area contributed by atoms with Crippen molar-refractivity contribution in [2.45, 2.75) is 25.8 Å². The van der Waals surface area contributed by atoms with Gasteiger partial charge in [0.15, 0.2) is 0 Å². The zero-order chi connectivity index (χ0) is 12.1. The Morgan fingerprint density at radius 1 is 1.65 bits per heavy atom. The average Bonchev–Trinajstić information content (AvgIpc) is 2.99. The third kappa shape index (κ3) is 3.17. The molecule has 0 fully saturated rings. The maximum atomic E-state index is 11.6. The minimum Gasteiger partial charge on any atom is -0.469 e. The monoisotopic (exact) mass is 234 g/mol. The van der Waals surface area contributed by atoms with Crippen LogP contribution >= 0.6 is 0 Å². The molecule has 1 amide bonds. The Kier molecular flexibility index (Phi) is 3.54. The summed E-state index contributed by atoms with van der Waals surface area (Å²) >= 11 is 0. The highest BCUT2D eigenvalue weighted by molar-refractivity contribution is 5.90. The van der Waals surface area contributed by atoms with Gasteiger partial charge in [0.1, 0.15) is 12.1 Å². The van der Waals surface area contributed by atoms with Gasteiger partial charge in [0, 0.05) is 12.5 Å². The van der Waals surface area contributed by atoms with Crippen LogP contribution in [0.15, 0.2) is 29.1 Å². The van der Waals surface area contributed by atoms with Gasteiger partial charge < -0.3 is 9.73 Å². The lowest BCUT2D eigenvalue weighted by Crippen LogP contribution is -2.33. The number of furan rings is 1. The number of hydrogen-bond acceptors (Lipinski definition) is 4. The van der Waals surface area contributed by atoms with E-state index >= 15 is 0 Å². The fourth-order valence-corrected chi connectivity index (χ4v) is 1.49. The van der Waals surface area contributed by atoms with Gasteiger partial charge in [-0.1, -0.05) is 0 Å². The van der Waals surface area contributed by atoms with Crippen LogP contribution in [0.25, 0.3) is 0 Å². The molecule has 2 rings (SSSR count). The van der Waals surface area contributed by atoms with Crippen molar-refractivity contribution >= 4 is 5.91 Å². The predicted molar refractivity (Wildman–Crippen MR) is 60.3 cm³/mol. The van der Waals surface area contributed by atoms with Crippen LogP contribution in [0.1, 0.15) is 29.7 Å². The molecule has 0 aliphatic carbocycles. The highest BCUT2D eigenvalue weighted by atomic mass is 16.3. The molecule has 0 aromatic carbocycles. The second kappa shape index (κ2) is 5.29. The van der Waals surface area contributed by atoms with Crippen LogP contribution in [-0.2, 0) is 6.42 Å². The number of nitrogens with zero attached hydrogens (tertiary/aromatic N) is 2. The van der Waals surface area contributed by atoms with E-state index in [2.05, 4.69) is 20.5 Å². The standard InChI is InChI=1S/C11H14N4O2/c1-8(4-5-9-3-2-6-17-9)14-11(16)10-12-7-13-15-10/h2-3,6-8H,4-5H2,1H3,(H,14,16)(H,12,13,15). The molecule has 0 bridgehead atoms. The second-order valence-corrected chi connectivity index (χ2v) is 3.83. The number of carbonyl (C=O) groups is 1. The lowest BCUT2D eigenvalue weighted by atomic mass is 10.1. The van der Waals surface area contributed by atoms with Crippen molar-refractivity contribution in [1.82, 2.24) is 20.5 Å². The fraction of sp³-hybridized carbons (Fsp3) is 0.364. The molecule has 0 saturated carbocycles. The van der Waals surface area contributed by atoms with Gasteiger partial charge in [0.25, 0.3) is 5.91 Å². The molecule has 1 unspecified atom stereocenters. The molecular formula is C11H14N4O2. The van der Waals surface area contributed by atoms with Crippen LogP contribution in [0.2, 0.25) is 0 Å². The summed E-state index contributed by atoms with van der Waals surface area (Å²) in [5, 5.41) is 8.98. The average molecular weight is 234 g/mol. The van der Waals surface area contributed by atoms with Gasteiger partial charge in [-0.15, -0.1) is 0 Å². The van der Waals surface area contributed by atoms with Gasteiger partial charge in [-0.2, -0.15) is 5.10 Å². The molecule has 17 heavy (non-hydrogen) atoms. The van der Waals surface area contributed by atoms with Gasteiger partial charge in [-0.05, 0) is 25.5 Å². The van der Waals surface area contributed by atoms with E-state index in [0.29, 0.717) is 0 Å². The van der Waals surface area contributed by atoms with Crippen molar-refractivity contribution in [3.63, 3.8) is 0 Å². The Balaban J connectivity index is 1.77. The Morgan fingerprint density at radius 2 is 2.53 bits per heavy atom. The smallest absolute Gasteiger partial charge is 0.288 e. The van der Waals surface area contributed by atoms with E-state index in [4.69, 9.17) is 4.42 Å². The van der Waals surface area contributed by atoms with E-state index in [1.807, 2.05) is 19.1 Å². The summed E-state index contributed by atoms with van der Waals surface area (Å²) in [6.45, 7) is 1.94. The van der Waals surface area contributed by atoms with E-state index in [-0.39, 0.29) is 17.8 Å². The topological polar surface area (TPSA) is 83.8 Å². The number of carbonyl (C=O) groups excluding carboxylic acids is 1. The van der Waals surface area contributed by atoms with Gasteiger partial charge >= 0.3 is 0 Å². The molecule has 90 valence electrons. The molecular weight excluding hydrogens is 220 g/mol. The highest BCUT2D eigenvalue weighted by Crippen LogP contribution is 2.05. The predicted octanol–water partition coefficient (Wildman–Crippen LogP) is 1.15. The summed E-state index contributed by atoms with van der Waals surface area (Å²) < 4.78 is 5.22. The molecule has 2 aromatic heterocycles. The number of aryl methyl sites for hydroxylation is 1. The summed E-state index contributed by atoms with van der Waals surface area (Å²) in [6, 6.07) is 3.83. The van der Waals surface area contributed by atoms with Gasteiger partial charge in [-0.25, -0.2) is 4.98 Å². The van der Waals surface area contributed by atoms with Crippen molar-refractivity contribution in [2.75, 3.05) is 0 Å². The summed E-state index contributed by atoms with van der Waals surface area (Å²) in [7, 11) is 0. The van der Waals surface area contributed by atoms with Crippen LogP contribution in [0.4, 0.5) is 0 Å². The van der Waals surface area contributed by atoms with Gasteiger partial charge in [0.2, 0.25) is 5.82 Å². The largest absolute Gasteiger partial charge is 0.469 e. The van der Waals surface area contributed by atoms with Gasteiger partial charge in [-0.3, -0.25) is 9.89 Å². The normalized spacial score (nSPS) is 12.3. The first-order valence-corrected chi connectivity index (χ1v) is 5.44. The molecule has 0 spiro atoms. The quantitative estimate of drug-likeness (QED) is 0.812. The number of aromatic nitrogens is 3. The molecule has 2 heterocycles. The molecule has 0 aliphatic rings. The summed E-state index contributed by atoms with van der Waals surface area (Å²) in [5.74, 6) is 0.912. The first-order valence-electron chi connectivity index (χ1n) is 5.44. The Hall–Kier alpha value is -2.11. The van der Waals surface area contributed by atoms with E-state index in [0.717, 1.165) is 18.6 Å². The SMILES string of the molecule is CC(CCc1ccco1)NC(=O)c1ncn[nH]1. The number of nitrogens with one attached hydrogen (secondary N) is 2. The second-order valence-electron chi connectivity index (χ2n) is 3.83. The van der Waals surface area contributed by atoms with Crippen molar-refractivity contribution in [2.24, 2.45) is 0 Å². The summed E-state index contributed by atoms with van der Waals surface area (Å²) in [4.78, 5) is 15.4. The number of aromatic amines is 1. The Labute approximate surface area is 98.4 Å². The van der Waals surface area contributed by atoms with E-state index in [9.17, 15) is 4.79 Å². The number of H-pyrrole nitrogens is 1. The molecule has 1 atom stereocenters. The van der Waals surface area contributed by atoms with Crippen LogP contribution in [0.3, 0.4) is 0 Å². The summed E-state index contributed by atoms with van der Waals surface area (Å²) in [6.07, 6.45) is 4.56. The third-order valence-corrected chi connectivity index (χ3v) is 2.41.